The minimum atomic E-state index is -0.533. The molecule has 1 saturated carbocycles. The first-order valence-corrected chi connectivity index (χ1v) is 6.84. The summed E-state index contributed by atoms with van der Waals surface area (Å²) in [5.41, 5.74) is 0.523. The highest BCUT2D eigenvalue weighted by Crippen LogP contribution is 2.24. The van der Waals surface area contributed by atoms with Gasteiger partial charge in [0, 0.05) is 30.8 Å². The van der Waals surface area contributed by atoms with Gasteiger partial charge in [0.1, 0.15) is 11.6 Å². The SMILES string of the molecule is COC1CCC(NC(C)c2ccc(F)cc2F)CC1. The van der Waals surface area contributed by atoms with Crippen molar-refractivity contribution < 1.29 is 13.5 Å². The fraction of sp³-hybridized carbons (Fsp3) is 0.600. The van der Waals surface area contributed by atoms with Crippen molar-refractivity contribution in [1.82, 2.24) is 5.32 Å². The van der Waals surface area contributed by atoms with Gasteiger partial charge in [-0.1, -0.05) is 6.07 Å². The monoisotopic (exact) mass is 269 g/mol. The number of hydrogen-bond acceptors (Lipinski definition) is 2. The van der Waals surface area contributed by atoms with Crippen molar-refractivity contribution in [3.05, 3.63) is 35.4 Å². The van der Waals surface area contributed by atoms with Crippen LogP contribution in [0.1, 0.15) is 44.2 Å². The van der Waals surface area contributed by atoms with Crippen LogP contribution in [-0.2, 0) is 4.74 Å². The number of ether oxygens (including phenoxy) is 1. The summed E-state index contributed by atoms with van der Waals surface area (Å²) >= 11 is 0. The fourth-order valence-electron chi connectivity index (χ4n) is 2.76. The third-order valence-corrected chi connectivity index (χ3v) is 3.92. The minimum Gasteiger partial charge on any atom is -0.381 e. The van der Waals surface area contributed by atoms with E-state index in [2.05, 4.69) is 5.32 Å². The minimum absolute atomic E-state index is 0.107. The second-order valence-corrected chi connectivity index (χ2v) is 5.26. The molecule has 19 heavy (non-hydrogen) atoms. The van der Waals surface area contributed by atoms with Crippen molar-refractivity contribution in [2.75, 3.05) is 7.11 Å². The Kier molecular flexibility index (Phi) is 4.88. The number of rotatable bonds is 4. The van der Waals surface area contributed by atoms with Crippen molar-refractivity contribution in [2.24, 2.45) is 0 Å². The highest BCUT2D eigenvalue weighted by molar-refractivity contribution is 5.21. The molecule has 106 valence electrons. The molecule has 0 heterocycles. The van der Waals surface area contributed by atoms with Crippen LogP contribution in [0.5, 0.6) is 0 Å². The summed E-state index contributed by atoms with van der Waals surface area (Å²) in [6.07, 6.45) is 4.49. The number of halogens is 2. The molecule has 0 aliphatic heterocycles. The van der Waals surface area contributed by atoms with Gasteiger partial charge in [0.05, 0.1) is 6.10 Å². The molecule has 1 unspecified atom stereocenters. The molecule has 1 fully saturated rings. The molecule has 1 N–H and O–H groups in total. The van der Waals surface area contributed by atoms with Crippen molar-refractivity contribution >= 4 is 0 Å². The van der Waals surface area contributed by atoms with Crippen LogP contribution in [-0.4, -0.2) is 19.3 Å². The fourth-order valence-corrected chi connectivity index (χ4v) is 2.76. The molecule has 1 aromatic carbocycles. The van der Waals surface area contributed by atoms with E-state index in [1.54, 1.807) is 7.11 Å². The van der Waals surface area contributed by atoms with E-state index in [4.69, 9.17) is 4.74 Å². The van der Waals surface area contributed by atoms with Crippen LogP contribution < -0.4 is 5.32 Å². The Bertz CT molecular complexity index is 417. The Morgan fingerprint density at radius 2 is 1.89 bits per heavy atom. The summed E-state index contributed by atoms with van der Waals surface area (Å²) in [5.74, 6) is -1.01. The van der Waals surface area contributed by atoms with Crippen molar-refractivity contribution in [3.8, 4) is 0 Å². The molecular weight excluding hydrogens is 248 g/mol. The number of nitrogens with one attached hydrogen (secondary N) is 1. The maximum atomic E-state index is 13.7. The second-order valence-electron chi connectivity index (χ2n) is 5.26. The molecule has 1 atom stereocenters. The highest BCUT2D eigenvalue weighted by atomic mass is 19.1. The lowest BCUT2D eigenvalue weighted by Gasteiger charge is -2.30. The van der Waals surface area contributed by atoms with E-state index in [1.807, 2.05) is 6.92 Å². The Morgan fingerprint density at radius 3 is 2.47 bits per heavy atom. The van der Waals surface area contributed by atoms with E-state index in [9.17, 15) is 8.78 Å². The van der Waals surface area contributed by atoms with Gasteiger partial charge in [-0.15, -0.1) is 0 Å². The van der Waals surface area contributed by atoms with Crippen molar-refractivity contribution in [3.63, 3.8) is 0 Å². The standard InChI is InChI=1S/C15H21F2NO/c1-10(14-8-3-11(16)9-15(14)17)18-12-4-6-13(19-2)7-5-12/h3,8-10,12-13,18H,4-7H2,1-2H3. The molecule has 0 bridgehead atoms. The van der Waals surface area contributed by atoms with Crippen LogP contribution >= 0.6 is 0 Å². The van der Waals surface area contributed by atoms with Gasteiger partial charge in [0.2, 0.25) is 0 Å². The van der Waals surface area contributed by atoms with Gasteiger partial charge in [-0.05, 0) is 38.7 Å². The van der Waals surface area contributed by atoms with Gasteiger partial charge < -0.3 is 10.1 Å². The Morgan fingerprint density at radius 1 is 1.21 bits per heavy atom. The van der Waals surface area contributed by atoms with Gasteiger partial charge in [-0.25, -0.2) is 8.78 Å². The van der Waals surface area contributed by atoms with Crippen LogP contribution in [0.2, 0.25) is 0 Å². The maximum absolute atomic E-state index is 13.7. The average Bonchev–Trinajstić information content (AvgIpc) is 2.39. The number of benzene rings is 1. The largest absolute Gasteiger partial charge is 0.381 e. The molecule has 2 rings (SSSR count). The molecule has 0 spiro atoms. The highest BCUT2D eigenvalue weighted by Gasteiger charge is 2.23. The summed E-state index contributed by atoms with van der Waals surface area (Å²) < 4.78 is 31.9. The zero-order valence-corrected chi connectivity index (χ0v) is 11.5. The Balaban J connectivity index is 1.92. The van der Waals surface area contributed by atoms with E-state index in [1.165, 1.54) is 12.1 Å². The van der Waals surface area contributed by atoms with E-state index in [-0.39, 0.29) is 6.04 Å². The summed E-state index contributed by atoms with van der Waals surface area (Å²) in [6, 6.07) is 4.03. The van der Waals surface area contributed by atoms with Crippen molar-refractivity contribution in [1.29, 1.82) is 0 Å². The van der Waals surface area contributed by atoms with Crippen molar-refractivity contribution in [2.45, 2.75) is 50.8 Å². The quantitative estimate of drug-likeness (QED) is 0.902. The third-order valence-electron chi connectivity index (χ3n) is 3.92. The Labute approximate surface area is 113 Å². The lowest BCUT2D eigenvalue weighted by Crippen LogP contribution is -2.36. The van der Waals surface area contributed by atoms with Crippen LogP contribution in [0, 0.1) is 11.6 Å². The van der Waals surface area contributed by atoms with Gasteiger partial charge in [0.15, 0.2) is 0 Å². The third kappa shape index (κ3) is 3.74. The van der Waals surface area contributed by atoms with E-state index in [0.29, 0.717) is 17.7 Å². The molecule has 2 nitrogen and oxygen atoms in total. The zero-order chi connectivity index (χ0) is 13.8. The summed E-state index contributed by atoms with van der Waals surface area (Å²) in [6.45, 7) is 1.92. The van der Waals surface area contributed by atoms with Crippen LogP contribution in [0.15, 0.2) is 18.2 Å². The van der Waals surface area contributed by atoms with E-state index < -0.39 is 11.6 Å². The molecule has 1 aliphatic rings. The zero-order valence-electron chi connectivity index (χ0n) is 11.5. The normalized spacial score (nSPS) is 25.3. The summed E-state index contributed by atoms with van der Waals surface area (Å²) in [4.78, 5) is 0. The first kappa shape index (κ1) is 14.4. The van der Waals surface area contributed by atoms with Crippen LogP contribution in [0.25, 0.3) is 0 Å². The lowest BCUT2D eigenvalue weighted by atomic mass is 9.92. The van der Waals surface area contributed by atoms with Crippen LogP contribution in [0.4, 0.5) is 8.78 Å². The summed E-state index contributed by atoms with van der Waals surface area (Å²) in [5, 5.41) is 3.42. The second kappa shape index (κ2) is 6.44. The molecule has 0 radical (unpaired) electrons. The molecule has 0 amide bonds. The topological polar surface area (TPSA) is 21.3 Å². The first-order chi connectivity index (χ1) is 9.10. The van der Waals surface area contributed by atoms with Gasteiger partial charge in [-0.2, -0.15) is 0 Å². The first-order valence-electron chi connectivity index (χ1n) is 6.84. The smallest absolute Gasteiger partial charge is 0.130 e. The van der Waals surface area contributed by atoms with E-state index >= 15 is 0 Å². The van der Waals surface area contributed by atoms with Gasteiger partial charge >= 0.3 is 0 Å². The Hall–Kier alpha value is -1.00. The predicted octanol–water partition coefficient (Wildman–Crippen LogP) is 3.57. The number of hydrogen-bond donors (Lipinski definition) is 1. The van der Waals surface area contributed by atoms with Crippen LogP contribution in [0.3, 0.4) is 0 Å². The average molecular weight is 269 g/mol. The van der Waals surface area contributed by atoms with Gasteiger partial charge in [0.25, 0.3) is 0 Å². The van der Waals surface area contributed by atoms with E-state index in [0.717, 1.165) is 31.7 Å². The lowest BCUT2D eigenvalue weighted by molar-refractivity contribution is 0.0613. The number of methoxy groups -OCH3 is 1. The van der Waals surface area contributed by atoms with Gasteiger partial charge in [-0.3, -0.25) is 0 Å². The molecule has 0 aromatic heterocycles. The molecule has 1 aromatic rings. The molecule has 4 heteroatoms. The molecular formula is C15H21F2NO. The predicted molar refractivity (Wildman–Crippen MR) is 71.0 cm³/mol. The summed E-state index contributed by atoms with van der Waals surface area (Å²) in [7, 11) is 1.74. The molecule has 0 saturated heterocycles. The maximum Gasteiger partial charge on any atom is 0.130 e. The molecule has 1 aliphatic carbocycles.